The molecule has 5 unspecified atom stereocenters. The van der Waals surface area contributed by atoms with E-state index in [0.717, 1.165) is 19.5 Å². The van der Waals surface area contributed by atoms with Gasteiger partial charge in [-0.15, -0.1) is 0 Å². The summed E-state index contributed by atoms with van der Waals surface area (Å²) in [6, 6.07) is -0.718. The number of aliphatic imine (C=N–C) groups is 2. The third-order valence-corrected chi connectivity index (χ3v) is 11.8. The number of epoxide rings is 1. The molecule has 1 aromatic rings. The van der Waals surface area contributed by atoms with Crippen molar-refractivity contribution in [3.05, 3.63) is 47.5 Å². The Labute approximate surface area is 286 Å². The number of allylic oxidation sites excluding steroid dienone is 1. The molecule has 5 heterocycles. The van der Waals surface area contributed by atoms with Crippen molar-refractivity contribution in [2.24, 2.45) is 32.7 Å². The molecule has 1 spiro atoms. The topological polar surface area (TPSA) is 171 Å². The average molecular weight is 675 g/mol. The van der Waals surface area contributed by atoms with Crippen LogP contribution in [0.25, 0.3) is 6.08 Å². The van der Waals surface area contributed by atoms with Gasteiger partial charge in [-0.3, -0.25) is 9.79 Å². The number of hydrogen-bond acceptors (Lipinski definition) is 13. The number of cyclic esters (lactones) is 1. The van der Waals surface area contributed by atoms with E-state index in [1.54, 1.807) is 30.8 Å². The average Bonchev–Trinajstić information content (AvgIpc) is 3.56. The Morgan fingerprint density at radius 2 is 1.98 bits per heavy atom. The van der Waals surface area contributed by atoms with Gasteiger partial charge < -0.3 is 34.6 Å². The summed E-state index contributed by atoms with van der Waals surface area (Å²) >= 11 is 0. The van der Waals surface area contributed by atoms with E-state index in [-0.39, 0.29) is 42.1 Å². The molecule has 2 aliphatic carbocycles. The van der Waals surface area contributed by atoms with Gasteiger partial charge in [0.15, 0.2) is 5.78 Å². The van der Waals surface area contributed by atoms with E-state index in [4.69, 9.17) is 14.2 Å². The zero-order valence-electron chi connectivity index (χ0n) is 28.4. The molecular weight excluding hydrogens is 628 g/mol. The Morgan fingerprint density at radius 1 is 1.22 bits per heavy atom. The van der Waals surface area contributed by atoms with E-state index < -0.39 is 29.1 Å². The maximum Gasteiger partial charge on any atom is 0.343 e. The number of ether oxygens (including phenoxy) is 3. The largest absolute Gasteiger partial charge is 0.423 e. The van der Waals surface area contributed by atoms with Crippen molar-refractivity contribution < 1.29 is 34.0 Å². The lowest BCUT2D eigenvalue weighted by molar-refractivity contribution is -0.174. The van der Waals surface area contributed by atoms with Gasteiger partial charge in [-0.2, -0.15) is 0 Å². The number of carbonyl (C=O) groups excluding carboxylic acids is 2. The molecule has 8 atom stereocenters. The number of rotatable bonds is 10. The quantitative estimate of drug-likeness (QED) is 0.245. The number of ketones is 1. The SMILES string of the molecule is CC(NC1CC2[C@](C)(CC[C@@H](O)[C@@]2(C)CO)C(/C=C/C2=CC(=C\c3cnc(N4CCOCC4)nc3)/OC2=O)C12CO2)C(=O)CC1=NCC=N1. The molecule has 262 valence electrons. The van der Waals surface area contributed by atoms with E-state index in [2.05, 4.69) is 37.1 Å². The van der Waals surface area contributed by atoms with Crippen molar-refractivity contribution in [2.45, 2.75) is 70.2 Å². The van der Waals surface area contributed by atoms with Crippen LogP contribution in [0.4, 0.5) is 5.95 Å². The van der Waals surface area contributed by atoms with Gasteiger partial charge in [0, 0.05) is 54.6 Å². The standard InChI is InChI=1S/C36H46N6O7/c1-22(26(44)16-31-37-8-9-38-31)41-29-17-28-34(2,7-6-30(45)35(28,3)20-43)27(36(29)21-48-36)5-4-24-15-25(49-32(24)46)14-23-18-39-33(40-19-23)42-10-12-47-13-11-42/h4-5,8,14-15,18-19,22,27-30,41,43,45H,6-7,9-13,16-17,20-21H2,1-3H3/b5-4+,25-14+/t22?,27?,28?,29?,30-,34-,35+,36?/m1/s1. The van der Waals surface area contributed by atoms with E-state index >= 15 is 0 Å². The van der Waals surface area contributed by atoms with E-state index in [1.165, 1.54) is 0 Å². The number of amidine groups is 1. The fraction of sp³-hybridized carbons (Fsp3) is 0.611. The van der Waals surface area contributed by atoms with E-state index in [9.17, 15) is 19.8 Å². The number of fused-ring (bicyclic) bond motifs is 1. The van der Waals surface area contributed by atoms with Crippen LogP contribution in [0, 0.1) is 22.7 Å². The van der Waals surface area contributed by atoms with Gasteiger partial charge in [0.2, 0.25) is 5.95 Å². The van der Waals surface area contributed by atoms with Crippen LogP contribution in [-0.2, 0) is 23.8 Å². The molecule has 4 fully saturated rings. The first kappa shape index (κ1) is 33.9. The molecule has 2 saturated heterocycles. The fourth-order valence-corrected chi connectivity index (χ4v) is 8.76. The molecule has 0 aromatic carbocycles. The Hall–Kier alpha value is -3.62. The van der Waals surface area contributed by atoms with Crippen LogP contribution in [0.1, 0.15) is 52.0 Å². The van der Waals surface area contributed by atoms with E-state index in [1.807, 2.05) is 26.0 Å². The number of nitrogens with one attached hydrogen (secondary N) is 1. The van der Waals surface area contributed by atoms with Crippen molar-refractivity contribution in [3.8, 4) is 0 Å². The second-order valence-corrected chi connectivity index (χ2v) is 14.7. The van der Waals surface area contributed by atoms with Crippen LogP contribution in [0.2, 0.25) is 0 Å². The van der Waals surface area contributed by atoms with Crippen LogP contribution >= 0.6 is 0 Å². The molecule has 0 radical (unpaired) electrons. The van der Waals surface area contributed by atoms with Crippen molar-refractivity contribution in [3.63, 3.8) is 0 Å². The first-order valence-corrected chi connectivity index (χ1v) is 17.3. The highest BCUT2D eigenvalue weighted by Crippen LogP contribution is 2.65. The molecule has 13 heteroatoms. The lowest BCUT2D eigenvalue weighted by atomic mass is 9.44. The molecule has 0 bridgehead atoms. The van der Waals surface area contributed by atoms with Gasteiger partial charge in [-0.25, -0.2) is 19.8 Å². The van der Waals surface area contributed by atoms with Crippen LogP contribution < -0.4 is 10.2 Å². The highest BCUT2D eigenvalue weighted by atomic mass is 16.6. The zero-order chi connectivity index (χ0) is 34.4. The maximum absolute atomic E-state index is 13.2. The van der Waals surface area contributed by atoms with Gasteiger partial charge in [-0.1, -0.05) is 26.0 Å². The summed E-state index contributed by atoms with van der Waals surface area (Å²) in [7, 11) is 0. The Balaban J connectivity index is 1.14. The van der Waals surface area contributed by atoms with Crippen molar-refractivity contribution >= 4 is 35.8 Å². The number of aliphatic hydroxyl groups is 2. The minimum Gasteiger partial charge on any atom is -0.423 e. The summed E-state index contributed by atoms with van der Waals surface area (Å²) in [5.74, 6) is 0.836. The van der Waals surface area contributed by atoms with Gasteiger partial charge >= 0.3 is 5.97 Å². The number of nitrogens with zero attached hydrogens (tertiary/aromatic N) is 5. The highest BCUT2D eigenvalue weighted by molar-refractivity contribution is 6.07. The Morgan fingerprint density at radius 3 is 2.65 bits per heavy atom. The van der Waals surface area contributed by atoms with Crippen LogP contribution in [-0.4, -0.2) is 114 Å². The summed E-state index contributed by atoms with van der Waals surface area (Å²) in [6.07, 6.45) is 13.8. The predicted molar refractivity (Wildman–Crippen MR) is 182 cm³/mol. The summed E-state index contributed by atoms with van der Waals surface area (Å²) in [6.45, 7) is 9.62. The number of morpholine rings is 1. The monoisotopic (exact) mass is 674 g/mol. The number of aliphatic hydroxyl groups excluding tert-OH is 2. The zero-order valence-corrected chi connectivity index (χ0v) is 28.4. The molecule has 3 N–H and O–H groups in total. The number of hydrogen-bond donors (Lipinski definition) is 3. The first-order chi connectivity index (χ1) is 23.6. The highest BCUT2D eigenvalue weighted by Gasteiger charge is 2.70. The third kappa shape index (κ3) is 6.31. The molecule has 1 aromatic heterocycles. The van der Waals surface area contributed by atoms with Crippen molar-refractivity contribution in [2.75, 3.05) is 51.0 Å². The lowest BCUT2D eigenvalue weighted by Crippen LogP contribution is -2.67. The van der Waals surface area contributed by atoms with Gasteiger partial charge in [0.25, 0.3) is 0 Å². The van der Waals surface area contributed by atoms with Gasteiger partial charge in [-0.05, 0) is 49.7 Å². The number of Topliss-reactive ketones (excluding diaryl/α,β-unsaturated/α-hetero) is 1. The fourth-order valence-electron chi connectivity index (χ4n) is 8.76. The van der Waals surface area contributed by atoms with E-state index in [0.29, 0.717) is 67.9 Å². The predicted octanol–water partition coefficient (Wildman–Crippen LogP) is 2.05. The van der Waals surface area contributed by atoms with Gasteiger partial charge in [0.1, 0.15) is 17.2 Å². The summed E-state index contributed by atoms with van der Waals surface area (Å²) < 4.78 is 17.4. The minimum absolute atomic E-state index is 0.0121. The molecule has 4 aliphatic heterocycles. The normalized spacial score (nSPS) is 37.0. The summed E-state index contributed by atoms with van der Waals surface area (Å²) in [4.78, 5) is 45.8. The number of esters is 1. The minimum atomic E-state index is -0.753. The Kier molecular flexibility index (Phi) is 9.16. The number of anilines is 1. The second-order valence-electron chi connectivity index (χ2n) is 14.7. The lowest BCUT2D eigenvalue weighted by Gasteiger charge is -2.62. The second kappa shape index (κ2) is 13.3. The molecule has 49 heavy (non-hydrogen) atoms. The molecular formula is C36H46N6O7. The van der Waals surface area contributed by atoms with Crippen molar-refractivity contribution in [1.82, 2.24) is 15.3 Å². The number of carbonyl (C=O) groups is 2. The van der Waals surface area contributed by atoms with Crippen LogP contribution in [0.5, 0.6) is 0 Å². The molecule has 7 rings (SSSR count). The molecule has 0 amide bonds. The third-order valence-electron chi connectivity index (χ3n) is 11.8. The van der Waals surface area contributed by atoms with Crippen LogP contribution in [0.3, 0.4) is 0 Å². The summed E-state index contributed by atoms with van der Waals surface area (Å²) in [5.41, 5.74) is -0.604. The molecule has 13 nitrogen and oxygen atoms in total. The summed E-state index contributed by atoms with van der Waals surface area (Å²) in [5, 5.41) is 25.5. The Bertz CT molecular complexity index is 1610. The smallest absolute Gasteiger partial charge is 0.343 e. The molecule has 2 saturated carbocycles. The number of aromatic nitrogens is 2. The van der Waals surface area contributed by atoms with Crippen LogP contribution in [0.15, 0.2) is 51.9 Å². The van der Waals surface area contributed by atoms with Gasteiger partial charge in [0.05, 0.1) is 57.1 Å². The first-order valence-electron chi connectivity index (χ1n) is 17.3. The van der Waals surface area contributed by atoms with Crippen molar-refractivity contribution in [1.29, 1.82) is 0 Å². The maximum atomic E-state index is 13.2. The molecule has 6 aliphatic rings.